The van der Waals surface area contributed by atoms with Gasteiger partial charge in [0.2, 0.25) is 0 Å². The second-order valence-corrected chi connectivity index (χ2v) is 7.13. The number of nitrogens with zero attached hydrogens (tertiary/aromatic N) is 1. The van der Waals surface area contributed by atoms with E-state index in [-0.39, 0.29) is 5.92 Å². The molecule has 1 atom stereocenters. The normalized spacial score (nSPS) is 11.9. The Balaban J connectivity index is 1.99. The molecule has 0 aliphatic heterocycles. The Morgan fingerprint density at radius 3 is 2.57 bits per heavy atom. The zero-order valence-electron chi connectivity index (χ0n) is 16.5. The van der Waals surface area contributed by atoms with Gasteiger partial charge in [-0.05, 0) is 41.8 Å². The smallest absolute Gasteiger partial charge is 0.341 e. The minimum Gasteiger partial charge on any atom is -0.482 e. The molecular formula is C21H22ClN3O5. The monoisotopic (exact) mass is 431 g/mol. The largest absolute Gasteiger partial charge is 0.482 e. The lowest BCUT2D eigenvalue weighted by Crippen LogP contribution is -2.48. The summed E-state index contributed by atoms with van der Waals surface area (Å²) < 4.78 is 5.09. The molecule has 2 aromatic rings. The fourth-order valence-corrected chi connectivity index (χ4v) is 2.65. The fourth-order valence-electron chi connectivity index (χ4n) is 2.46. The molecule has 9 heteroatoms. The number of amides is 2. The molecule has 0 aliphatic carbocycles. The van der Waals surface area contributed by atoms with E-state index >= 15 is 0 Å². The van der Waals surface area contributed by atoms with Crippen molar-refractivity contribution in [1.82, 2.24) is 10.7 Å². The lowest BCUT2D eigenvalue weighted by molar-refractivity contribution is -0.139. The minimum absolute atomic E-state index is 0.184. The van der Waals surface area contributed by atoms with E-state index in [4.69, 9.17) is 21.4 Å². The molecule has 0 aliphatic rings. The molecular weight excluding hydrogens is 410 g/mol. The van der Waals surface area contributed by atoms with Crippen LogP contribution < -0.4 is 15.5 Å². The standard InChI is InChI=1S/C21H22ClN3O5/c1-13(2)19(24-20(28)15-6-4-7-16(22)10-15)21(29)25-23-11-14-5-3-8-17(9-14)30-12-18(26)27/h3-11,13,19H,12H2,1-2H3,(H,24,28)(H,25,29)(H,26,27). The highest BCUT2D eigenvalue weighted by Crippen LogP contribution is 2.13. The van der Waals surface area contributed by atoms with E-state index in [0.29, 0.717) is 21.9 Å². The summed E-state index contributed by atoms with van der Waals surface area (Å²) in [5, 5.41) is 15.7. The van der Waals surface area contributed by atoms with E-state index in [9.17, 15) is 14.4 Å². The molecule has 2 rings (SSSR count). The van der Waals surface area contributed by atoms with E-state index in [1.54, 1.807) is 56.3 Å². The van der Waals surface area contributed by atoms with Crippen LogP contribution in [0.5, 0.6) is 5.75 Å². The summed E-state index contributed by atoms with van der Waals surface area (Å²) in [7, 11) is 0. The second-order valence-electron chi connectivity index (χ2n) is 6.69. The first-order valence-electron chi connectivity index (χ1n) is 9.10. The van der Waals surface area contributed by atoms with Gasteiger partial charge in [0.25, 0.3) is 11.8 Å². The number of carbonyl (C=O) groups excluding carboxylic acids is 2. The number of hydrazone groups is 1. The van der Waals surface area contributed by atoms with Crippen molar-refractivity contribution in [3.05, 3.63) is 64.7 Å². The third-order valence-electron chi connectivity index (χ3n) is 3.93. The predicted molar refractivity (Wildman–Crippen MR) is 113 cm³/mol. The SMILES string of the molecule is CC(C)C(NC(=O)c1cccc(Cl)c1)C(=O)NN=Cc1cccc(OCC(=O)O)c1. The third kappa shape index (κ3) is 7.21. The van der Waals surface area contributed by atoms with Crippen LogP contribution in [0.15, 0.2) is 53.6 Å². The van der Waals surface area contributed by atoms with E-state index in [2.05, 4.69) is 15.8 Å². The maximum Gasteiger partial charge on any atom is 0.341 e. The summed E-state index contributed by atoms with van der Waals surface area (Å²) in [4.78, 5) is 35.5. The van der Waals surface area contributed by atoms with Crippen LogP contribution in [0.1, 0.15) is 29.8 Å². The molecule has 8 nitrogen and oxygen atoms in total. The Hall–Kier alpha value is -3.39. The summed E-state index contributed by atoms with van der Waals surface area (Å²) in [6.45, 7) is 3.14. The molecule has 0 radical (unpaired) electrons. The minimum atomic E-state index is -1.08. The van der Waals surface area contributed by atoms with E-state index in [0.717, 1.165) is 0 Å². The summed E-state index contributed by atoms with van der Waals surface area (Å²) >= 11 is 5.91. The first kappa shape index (κ1) is 22.9. The Morgan fingerprint density at radius 1 is 1.17 bits per heavy atom. The number of aliphatic carboxylic acids is 1. The average Bonchev–Trinajstić information content (AvgIpc) is 2.70. The quantitative estimate of drug-likeness (QED) is 0.417. The summed E-state index contributed by atoms with van der Waals surface area (Å²) in [6.07, 6.45) is 1.39. The van der Waals surface area contributed by atoms with Gasteiger partial charge in [0.1, 0.15) is 11.8 Å². The molecule has 3 N–H and O–H groups in total. The Bertz CT molecular complexity index is 946. The van der Waals surface area contributed by atoms with Crippen LogP contribution in [0, 0.1) is 5.92 Å². The number of carboxylic acids is 1. The maximum atomic E-state index is 12.5. The fraction of sp³-hybridized carbons (Fsp3) is 0.238. The highest BCUT2D eigenvalue weighted by atomic mass is 35.5. The van der Waals surface area contributed by atoms with Crippen LogP contribution in [-0.4, -0.2) is 41.8 Å². The first-order valence-corrected chi connectivity index (χ1v) is 9.48. The lowest BCUT2D eigenvalue weighted by atomic mass is 10.0. The summed E-state index contributed by atoms with van der Waals surface area (Å²) in [5.41, 5.74) is 3.35. The second kappa shape index (κ2) is 11.0. The van der Waals surface area contributed by atoms with Crippen LogP contribution in [0.25, 0.3) is 0 Å². The van der Waals surface area contributed by atoms with Crippen LogP contribution in [0.3, 0.4) is 0 Å². The summed E-state index contributed by atoms with van der Waals surface area (Å²) in [6, 6.07) is 12.2. The molecule has 0 aromatic heterocycles. The van der Waals surface area contributed by atoms with E-state index in [1.807, 2.05) is 0 Å². The van der Waals surface area contributed by atoms with Gasteiger partial charge >= 0.3 is 5.97 Å². The molecule has 0 saturated heterocycles. The van der Waals surface area contributed by atoms with Crippen molar-refractivity contribution in [2.75, 3.05) is 6.61 Å². The molecule has 0 fully saturated rings. The van der Waals surface area contributed by atoms with Crippen LogP contribution in [-0.2, 0) is 9.59 Å². The molecule has 0 spiro atoms. The van der Waals surface area contributed by atoms with Crippen LogP contribution in [0.4, 0.5) is 0 Å². The number of carbonyl (C=O) groups is 3. The van der Waals surface area contributed by atoms with Gasteiger partial charge in [0, 0.05) is 10.6 Å². The zero-order valence-corrected chi connectivity index (χ0v) is 17.2. The number of ether oxygens (including phenoxy) is 1. The molecule has 1 unspecified atom stereocenters. The van der Waals surface area contributed by atoms with E-state index < -0.39 is 30.4 Å². The van der Waals surface area contributed by atoms with Gasteiger partial charge in [0.05, 0.1) is 6.21 Å². The molecule has 0 heterocycles. The van der Waals surface area contributed by atoms with Crippen molar-refractivity contribution >= 4 is 35.6 Å². The molecule has 0 saturated carbocycles. The van der Waals surface area contributed by atoms with Crippen molar-refractivity contribution in [3.63, 3.8) is 0 Å². The summed E-state index contributed by atoms with van der Waals surface area (Å²) in [5.74, 6) is -1.80. The van der Waals surface area contributed by atoms with Gasteiger partial charge in [0.15, 0.2) is 6.61 Å². The number of halogens is 1. The van der Waals surface area contributed by atoms with Gasteiger partial charge < -0.3 is 15.2 Å². The highest BCUT2D eigenvalue weighted by Gasteiger charge is 2.24. The number of carboxylic acid groups (broad SMARTS) is 1. The van der Waals surface area contributed by atoms with Gasteiger partial charge in [-0.25, -0.2) is 10.2 Å². The van der Waals surface area contributed by atoms with Crippen LogP contribution in [0.2, 0.25) is 5.02 Å². The Kier molecular flexibility index (Phi) is 8.37. The maximum absolute atomic E-state index is 12.5. The number of nitrogens with one attached hydrogen (secondary N) is 2. The first-order chi connectivity index (χ1) is 14.3. The molecule has 158 valence electrons. The third-order valence-corrected chi connectivity index (χ3v) is 4.17. The number of hydrogen-bond donors (Lipinski definition) is 3. The average molecular weight is 432 g/mol. The van der Waals surface area contributed by atoms with Gasteiger partial charge in [-0.1, -0.05) is 43.6 Å². The van der Waals surface area contributed by atoms with E-state index in [1.165, 1.54) is 12.3 Å². The van der Waals surface area contributed by atoms with Gasteiger partial charge in [-0.15, -0.1) is 0 Å². The number of rotatable bonds is 9. The molecule has 2 aromatic carbocycles. The van der Waals surface area contributed by atoms with Gasteiger partial charge in [-0.3, -0.25) is 9.59 Å². The van der Waals surface area contributed by atoms with Gasteiger partial charge in [-0.2, -0.15) is 5.10 Å². The highest BCUT2D eigenvalue weighted by molar-refractivity contribution is 6.31. The Labute approximate surface area is 178 Å². The zero-order chi connectivity index (χ0) is 22.1. The van der Waals surface area contributed by atoms with Crippen molar-refractivity contribution in [2.24, 2.45) is 11.0 Å². The lowest BCUT2D eigenvalue weighted by Gasteiger charge is -2.20. The Morgan fingerprint density at radius 2 is 1.90 bits per heavy atom. The number of benzene rings is 2. The topological polar surface area (TPSA) is 117 Å². The molecule has 2 amide bonds. The molecule has 30 heavy (non-hydrogen) atoms. The van der Waals surface area contributed by atoms with Crippen molar-refractivity contribution in [3.8, 4) is 5.75 Å². The molecule has 0 bridgehead atoms. The number of hydrogen-bond acceptors (Lipinski definition) is 5. The predicted octanol–water partition coefficient (Wildman–Crippen LogP) is 2.71. The van der Waals surface area contributed by atoms with Crippen molar-refractivity contribution in [2.45, 2.75) is 19.9 Å². The van der Waals surface area contributed by atoms with Crippen LogP contribution >= 0.6 is 11.6 Å². The van der Waals surface area contributed by atoms with Crippen molar-refractivity contribution in [1.29, 1.82) is 0 Å². The van der Waals surface area contributed by atoms with Crippen molar-refractivity contribution < 1.29 is 24.2 Å².